The van der Waals surface area contributed by atoms with Crippen molar-refractivity contribution in [1.82, 2.24) is 15.2 Å². The maximum atomic E-state index is 12.7. The summed E-state index contributed by atoms with van der Waals surface area (Å²) >= 11 is 0. The van der Waals surface area contributed by atoms with Gasteiger partial charge in [-0.05, 0) is 54.8 Å². The zero-order valence-corrected chi connectivity index (χ0v) is 16.8. The fourth-order valence-electron chi connectivity index (χ4n) is 2.95. The van der Waals surface area contributed by atoms with Crippen LogP contribution in [0.3, 0.4) is 0 Å². The number of rotatable bonds is 7. The molecule has 5 nitrogen and oxygen atoms in total. The number of carbonyl (C=O) groups excluding carboxylic acids is 2. The maximum absolute atomic E-state index is 12.7. The second-order valence-corrected chi connectivity index (χ2v) is 7.08. The Labute approximate surface area is 171 Å². The quantitative estimate of drug-likeness (QED) is 0.673. The third-order valence-electron chi connectivity index (χ3n) is 4.78. The van der Waals surface area contributed by atoms with Crippen molar-refractivity contribution >= 4 is 11.8 Å². The van der Waals surface area contributed by atoms with Gasteiger partial charge in [-0.2, -0.15) is 0 Å². The van der Waals surface area contributed by atoms with Crippen molar-refractivity contribution < 1.29 is 9.59 Å². The van der Waals surface area contributed by atoms with Gasteiger partial charge in [-0.1, -0.05) is 35.9 Å². The summed E-state index contributed by atoms with van der Waals surface area (Å²) < 4.78 is 0. The molecule has 148 valence electrons. The van der Waals surface area contributed by atoms with Crippen molar-refractivity contribution in [2.75, 3.05) is 13.6 Å². The first-order valence-corrected chi connectivity index (χ1v) is 9.61. The van der Waals surface area contributed by atoms with Crippen molar-refractivity contribution in [3.63, 3.8) is 0 Å². The third kappa shape index (κ3) is 5.75. The van der Waals surface area contributed by atoms with Crippen LogP contribution in [-0.4, -0.2) is 35.3 Å². The first kappa shape index (κ1) is 20.3. The Balaban J connectivity index is 1.59. The highest BCUT2D eigenvalue weighted by Gasteiger charge is 2.14. The zero-order chi connectivity index (χ0) is 20.6. The van der Waals surface area contributed by atoms with E-state index >= 15 is 0 Å². The molecule has 29 heavy (non-hydrogen) atoms. The van der Waals surface area contributed by atoms with Gasteiger partial charge in [0.1, 0.15) is 0 Å². The predicted molar refractivity (Wildman–Crippen MR) is 114 cm³/mol. The van der Waals surface area contributed by atoms with E-state index in [1.165, 1.54) is 5.56 Å². The lowest BCUT2D eigenvalue weighted by atomic mass is 10.1. The summed E-state index contributed by atoms with van der Waals surface area (Å²) in [7, 11) is 1.77. The van der Waals surface area contributed by atoms with Crippen LogP contribution in [0.15, 0.2) is 73.1 Å². The van der Waals surface area contributed by atoms with Crippen molar-refractivity contribution in [1.29, 1.82) is 0 Å². The van der Waals surface area contributed by atoms with Crippen molar-refractivity contribution in [2.45, 2.75) is 19.9 Å². The molecule has 0 atom stereocenters. The summed E-state index contributed by atoms with van der Waals surface area (Å²) in [6.07, 6.45) is 4.24. The number of nitrogens with zero attached hydrogens (tertiary/aromatic N) is 2. The molecule has 5 heteroatoms. The normalized spacial score (nSPS) is 10.4. The molecule has 3 rings (SSSR count). The standard InChI is InChI=1S/C24H25N3O2/c1-18-6-8-20(9-7-18)17-26-23(28)21-4-3-5-22(16-21)24(29)27(2)15-12-19-10-13-25-14-11-19/h3-11,13-14,16H,12,15,17H2,1-2H3,(H,26,28). The monoisotopic (exact) mass is 387 g/mol. The van der Waals surface area contributed by atoms with Crippen LogP contribution in [0.4, 0.5) is 0 Å². The number of amides is 2. The predicted octanol–water partition coefficient (Wildman–Crippen LogP) is 3.63. The lowest BCUT2D eigenvalue weighted by molar-refractivity contribution is 0.0796. The van der Waals surface area contributed by atoms with Gasteiger partial charge >= 0.3 is 0 Å². The van der Waals surface area contributed by atoms with Gasteiger partial charge in [0.05, 0.1) is 0 Å². The van der Waals surface area contributed by atoms with E-state index in [0.29, 0.717) is 24.2 Å². The molecular formula is C24H25N3O2. The van der Waals surface area contributed by atoms with Gasteiger partial charge < -0.3 is 10.2 Å². The largest absolute Gasteiger partial charge is 0.348 e. The summed E-state index contributed by atoms with van der Waals surface area (Å²) in [5.41, 5.74) is 4.32. The number of hydrogen-bond donors (Lipinski definition) is 1. The van der Waals surface area contributed by atoms with Crippen molar-refractivity contribution in [3.8, 4) is 0 Å². The molecule has 0 bridgehead atoms. The van der Waals surface area contributed by atoms with Crippen LogP contribution >= 0.6 is 0 Å². The van der Waals surface area contributed by atoms with Crippen LogP contribution in [0.25, 0.3) is 0 Å². The molecule has 3 aromatic rings. The average molecular weight is 387 g/mol. The number of likely N-dealkylation sites (N-methyl/N-ethyl adjacent to an activating group) is 1. The van der Waals surface area contributed by atoms with E-state index in [1.807, 2.05) is 43.3 Å². The first-order chi connectivity index (χ1) is 14.0. The molecule has 0 fully saturated rings. The molecule has 0 aliphatic heterocycles. The summed E-state index contributed by atoms with van der Waals surface area (Å²) in [4.78, 5) is 30.9. The molecule has 2 amide bonds. The van der Waals surface area contributed by atoms with Crippen molar-refractivity contribution in [3.05, 3.63) is 101 Å². The van der Waals surface area contributed by atoms with Gasteiger partial charge in [-0.25, -0.2) is 0 Å². The molecular weight excluding hydrogens is 362 g/mol. The number of aromatic nitrogens is 1. The van der Waals surface area contributed by atoms with Gasteiger partial charge in [0.2, 0.25) is 0 Å². The molecule has 0 radical (unpaired) electrons. The van der Waals surface area contributed by atoms with Crippen LogP contribution in [0, 0.1) is 6.92 Å². The number of hydrogen-bond acceptors (Lipinski definition) is 3. The molecule has 2 aromatic carbocycles. The van der Waals surface area contributed by atoms with Crippen LogP contribution in [-0.2, 0) is 13.0 Å². The van der Waals surface area contributed by atoms with E-state index in [9.17, 15) is 9.59 Å². The Morgan fingerprint density at radius 3 is 2.34 bits per heavy atom. The Morgan fingerprint density at radius 1 is 0.931 bits per heavy atom. The topological polar surface area (TPSA) is 62.3 Å². The number of carbonyl (C=O) groups is 2. The van der Waals surface area contributed by atoms with Gasteiger partial charge in [-0.3, -0.25) is 14.6 Å². The van der Waals surface area contributed by atoms with E-state index in [2.05, 4.69) is 10.3 Å². The number of aryl methyl sites for hydroxylation is 1. The highest BCUT2D eigenvalue weighted by Crippen LogP contribution is 2.10. The second-order valence-electron chi connectivity index (χ2n) is 7.08. The Kier molecular flexibility index (Phi) is 6.74. The van der Waals surface area contributed by atoms with E-state index in [1.54, 1.807) is 48.6 Å². The SMILES string of the molecule is Cc1ccc(CNC(=O)c2cccc(C(=O)N(C)CCc3ccncc3)c2)cc1. The van der Waals surface area contributed by atoms with Gasteiger partial charge in [0, 0.05) is 43.7 Å². The van der Waals surface area contributed by atoms with E-state index in [-0.39, 0.29) is 11.8 Å². The molecule has 0 aliphatic carbocycles. The average Bonchev–Trinajstić information content (AvgIpc) is 2.77. The molecule has 0 saturated heterocycles. The molecule has 1 N–H and O–H groups in total. The van der Waals surface area contributed by atoms with Gasteiger partial charge in [-0.15, -0.1) is 0 Å². The fourth-order valence-corrected chi connectivity index (χ4v) is 2.95. The van der Waals surface area contributed by atoms with Crippen molar-refractivity contribution in [2.24, 2.45) is 0 Å². The summed E-state index contributed by atoms with van der Waals surface area (Å²) in [5.74, 6) is -0.299. The highest BCUT2D eigenvalue weighted by atomic mass is 16.2. The van der Waals surface area contributed by atoms with Gasteiger partial charge in [0.15, 0.2) is 0 Å². The van der Waals surface area contributed by atoms with E-state index in [4.69, 9.17) is 0 Å². The maximum Gasteiger partial charge on any atom is 0.253 e. The highest BCUT2D eigenvalue weighted by molar-refractivity contribution is 5.99. The minimum atomic E-state index is -0.195. The molecule has 0 spiro atoms. The second kappa shape index (κ2) is 9.64. The Bertz CT molecular complexity index is 969. The van der Waals surface area contributed by atoms with Gasteiger partial charge in [0.25, 0.3) is 11.8 Å². The molecule has 0 unspecified atom stereocenters. The minimum Gasteiger partial charge on any atom is -0.348 e. The smallest absolute Gasteiger partial charge is 0.253 e. The lowest BCUT2D eigenvalue weighted by Crippen LogP contribution is -2.29. The van der Waals surface area contributed by atoms with Crippen LogP contribution < -0.4 is 5.32 Å². The third-order valence-corrected chi connectivity index (χ3v) is 4.78. The summed E-state index contributed by atoms with van der Waals surface area (Å²) in [6, 6.07) is 18.8. The molecule has 1 aromatic heterocycles. The number of pyridine rings is 1. The molecule has 0 aliphatic rings. The summed E-state index contributed by atoms with van der Waals surface area (Å²) in [5, 5.41) is 2.91. The lowest BCUT2D eigenvalue weighted by Gasteiger charge is -2.17. The zero-order valence-electron chi connectivity index (χ0n) is 16.8. The Morgan fingerprint density at radius 2 is 1.62 bits per heavy atom. The first-order valence-electron chi connectivity index (χ1n) is 9.61. The van der Waals surface area contributed by atoms with Crippen LogP contribution in [0.5, 0.6) is 0 Å². The number of benzene rings is 2. The number of nitrogens with one attached hydrogen (secondary N) is 1. The Hall–Kier alpha value is -3.47. The van der Waals surface area contributed by atoms with E-state index in [0.717, 1.165) is 17.5 Å². The van der Waals surface area contributed by atoms with Crippen LogP contribution in [0.1, 0.15) is 37.4 Å². The fraction of sp³-hybridized carbons (Fsp3) is 0.208. The van der Waals surface area contributed by atoms with Crippen LogP contribution in [0.2, 0.25) is 0 Å². The minimum absolute atomic E-state index is 0.104. The van der Waals surface area contributed by atoms with E-state index < -0.39 is 0 Å². The molecule has 0 saturated carbocycles. The molecule has 1 heterocycles. The summed E-state index contributed by atoms with van der Waals surface area (Å²) in [6.45, 7) is 3.06.